The molecule has 2 rings (SSSR count). The number of nitrogens with zero attached hydrogens (tertiary/aromatic N) is 1. The molecule has 1 N–H and O–H groups in total. The summed E-state index contributed by atoms with van der Waals surface area (Å²) in [7, 11) is 3.62. The number of halogens is 1. The summed E-state index contributed by atoms with van der Waals surface area (Å²) < 4.78 is 5.40. The van der Waals surface area contributed by atoms with Gasteiger partial charge in [-0.2, -0.15) is 0 Å². The molecular weight excluding hydrogens is 272 g/mol. The minimum absolute atomic E-state index is 0.723. The SMILES string of the molecule is CNCCCc1cc2c(C)c(Cl)cc(OC)c2nc1C. The second-order valence-electron chi connectivity index (χ2n) is 5.02. The molecule has 0 unspecified atom stereocenters. The van der Waals surface area contributed by atoms with Crippen molar-refractivity contribution in [3.05, 3.63) is 34.0 Å². The molecular formula is C16H21ClN2O. The molecule has 0 aliphatic heterocycles. The Morgan fingerprint density at radius 2 is 2.05 bits per heavy atom. The van der Waals surface area contributed by atoms with Crippen molar-refractivity contribution in [3.8, 4) is 5.75 Å². The van der Waals surface area contributed by atoms with E-state index in [-0.39, 0.29) is 0 Å². The van der Waals surface area contributed by atoms with Gasteiger partial charge in [-0.15, -0.1) is 0 Å². The van der Waals surface area contributed by atoms with E-state index in [2.05, 4.69) is 18.3 Å². The van der Waals surface area contributed by atoms with Gasteiger partial charge in [0.2, 0.25) is 0 Å². The number of nitrogens with one attached hydrogen (secondary N) is 1. The summed E-state index contributed by atoms with van der Waals surface area (Å²) in [5.41, 5.74) is 4.29. The quantitative estimate of drug-likeness (QED) is 0.854. The third-order valence-electron chi connectivity index (χ3n) is 3.66. The third-order valence-corrected chi connectivity index (χ3v) is 4.06. The average Bonchev–Trinajstić information content (AvgIpc) is 2.44. The molecule has 1 aromatic heterocycles. The highest BCUT2D eigenvalue weighted by Gasteiger charge is 2.12. The van der Waals surface area contributed by atoms with Crippen LogP contribution in [0.1, 0.15) is 23.2 Å². The van der Waals surface area contributed by atoms with Gasteiger partial charge in [-0.05, 0) is 57.5 Å². The molecule has 20 heavy (non-hydrogen) atoms. The molecule has 1 aromatic carbocycles. The first-order valence-corrected chi connectivity index (χ1v) is 7.24. The summed E-state index contributed by atoms with van der Waals surface area (Å²) in [5, 5.41) is 4.98. The Balaban J connectivity index is 2.54. The standard InChI is InChI=1S/C16H21ClN2O/c1-10-13-8-12(6-5-7-18-3)11(2)19-16(13)15(20-4)9-14(10)17/h8-9,18H,5-7H2,1-4H3. The van der Waals surface area contributed by atoms with Crippen LogP contribution in [0, 0.1) is 13.8 Å². The highest BCUT2D eigenvalue weighted by molar-refractivity contribution is 6.32. The number of pyridine rings is 1. The van der Waals surface area contributed by atoms with Gasteiger partial charge in [0.15, 0.2) is 0 Å². The van der Waals surface area contributed by atoms with Crippen molar-refractivity contribution in [2.75, 3.05) is 20.7 Å². The minimum Gasteiger partial charge on any atom is -0.494 e. The van der Waals surface area contributed by atoms with Crippen LogP contribution in [0.2, 0.25) is 5.02 Å². The van der Waals surface area contributed by atoms with Gasteiger partial charge < -0.3 is 10.1 Å². The first kappa shape index (κ1) is 15.1. The van der Waals surface area contributed by atoms with E-state index in [9.17, 15) is 0 Å². The molecule has 0 fully saturated rings. The van der Waals surface area contributed by atoms with Crippen LogP contribution in [0.25, 0.3) is 10.9 Å². The fraction of sp³-hybridized carbons (Fsp3) is 0.438. The second-order valence-corrected chi connectivity index (χ2v) is 5.43. The molecule has 2 aromatic rings. The first-order valence-electron chi connectivity index (χ1n) is 6.86. The maximum absolute atomic E-state index is 6.27. The maximum atomic E-state index is 6.27. The highest BCUT2D eigenvalue weighted by Crippen LogP contribution is 2.33. The van der Waals surface area contributed by atoms with Crippen molar-refractivity contribution in [1.82, 2.24) is 10.3 Å². The van der Waals surface area contributed by atoms with Gasteiger partial charge in [0.05, 0.1) is 7.11 Å². The van der Waals surface area contributed by atoms with Crippen LogP contribution in [0.5, 0.6) is 5.75 Å². The number of fused-ring (bicyclic) bond motifs is 1. The molecule has 0 amide bonds. The summed E-state index contributed by atoms with van der Waals surface area (Å²) in [6.45, 7) is 5.09. The van der Waals surface area contributed by atoms with E-state index in [0.29, 0.717) is 0 Å². The zero-order chi connectivity index (χ0) is 14.7. The summed E-state index contributed by atoms with van der Waals surface area (Å²) in [6, 6.07) is 4.05. The van der Waals surface area contributed by atoms with Gasteiger partial charge in [-0.3, -0.25) is 0 Å². The summed E-state index contributed by atoms with van der Waals surface area (Å²) in [4.78, 5) is 4.72. The number of aryl methyl sites for hydroxylation is 3. The number of ether oxygens (including phenoxy) is 1. The van der Waals surface area contributed by atoms with Crippen molar-refractivity contribution in [3.63, 3.8) is 0 Å². The fourth-order valence-electron chi connectivity index (χ4n) is 2.41. The molecule has 0 saturated carbocycles. The van der Waals surface area contributed by atoms with Gasteiger partial charge in [-0.1, -0.05) is 11.6 Å². The van der Waals surface area contributed by atoms with E-state index >= 15 is 0 Å². The predicted molar refractivity (Wildman–Crippen MR) is 85.0 cm³/mol. The van der Waals surface area contributed by atoms with Crippen LogP contribution in [-0.2, 0) is 6.42 Å². The van der Waals surface area contributed by atoms with Gasteiger partial charge in [0.1, 0.15) is 11.3 Å². The van der Waals surface area contributed by atoms with Gasteiger partial charge in [0.25, 0.3) is 0 Å². The number of hydrogen-bond acceptors (Lipinski definition) is 3. The lowest BCUT2D eigenvalue weighted by Gasteiger charge is -2.13. The second kappa shape index (κ2) is 6.42. The topological polar surface area (TPSA) is 34.1 Å². The summed E-state index contributed by atoms with van der Waals surface area (Å²) in [6.07, 6.45) is 2.12. The summed E-state index contributed by atoms with van der Waals surface area (Å²) >= 11 is 6.27. The zero-order valence-electron chi connectivity index (χ0n) is 12.5. The molecule has 0 atom stereocenters. The Hall–Kier alpha value is -1.32. The van der Waals surface area contributed by atoms with Crippen LogP contribution in [-0.4, -0.2) is 25.7 Å². The van der Waals surface area contributed by atoms with Crippen LogP contribution in [0.3, 0.4) is 0 Å². The molecule has 1 heterocycles. The molecule has 4 heteroatoms. The van der Waals surface area contributed by atoms with Crippen LogP contribution in [0.4, 0.5) is 0 Å². The fourth-order valence-corrected chi connectivity index (χ4v) is 2.61. The number of methoxy groups -OCH3 is 1. The van der Waals surface area contributed by atoms with Crippen molar-refractivity contribution in [1.29, 1.82) is 0 Å². The van der Waals surface area contributed by atoms with Gasteiger partial charge in [-0.25, -0.2) is 4.98 Å². The Morgan fingerprint density at radius 3 is 2.70 bits per heavy atom. The lowest BCUT2D eigenvalue weighted by molar-refractivity contribution is 0.419. The number of hydrogen-bond donors (Lipinski definition) is 1. The number of aromatic nitrogens is 1. The van der Waals surface area contributed by atoms with Crippen LogP contribution < -0.4 is 10.1 Å². The van der Waals surface area contributed by atoms with Crippen molar-refractivity contribution < 1.29 is 4.74 Å². The number of benzene rings is 1. The van der Waals surface area contributed by atoms with Gasteiger partial charge in [0, 0.05) is 22.2 Å². The van der Waals surface area contributed by atoms with E-state index in [1.54, 1.807) is 7.11 Å². The predicted octanol–water partition coefficient (Wildman–Crippen LogP) is 3.67. The summed E-state index contributed by atoms with van der Waals surface area (Å²) in [5.74, 6) is 0.737. The monoisotopic (exact) mass is 292 g/mol. The highest BCUT2D eigenvalue weighted by atomic mass is 35.5. The van der Waals surface area contributed by atoms with Crippen LogP contribution >= 0.6 is 11.6 Å². The molecule has 3 nitrogen and oxygen atoms in total. The maximum Gasteiger partial charge on any atom is 0.146 e. The Kier molecular flexibility index (Phi) is 4.84. The molecule has 0 aliphatic carbocycles. The largest absolute Gasteiger partial charge is 0.494 e. The lowest BCUT2D eigenvalue weighted by Crippen LogP contribution is -2.09. The smallest absolute Gasteiger partial charge is 0.146 e. The van der Waals surface area contributed by atoms with Crippen LogP contribution in [0.15, 0.2) is 12.1 Å². The van der Waals surface area contributed by atoms with Crippen molar-refractivity contribution in [2.24, 2.45) is 0 Å². The third kappa shape index (κ3) is 2.89. The van der Waals surface area contributed by atoms with E-state index < -0.39 is 0 Å². The molecule has 0 spiro atoms. The normalized spacial score (nSPS) is 11.1. The minimum atomic E-state index is 0.723. The molecule has 0 saturated heterocycles. The van der Waals surface area contributed by atoms with E-state index in [0.717, 1.165) is 52.3 Å². The van der Waals surface area contributed by atoms with Gasteiger partial charge >= 0.3 is 0 Å². The lowest BCUT2D eigenvalue weighted by atomic mass is 10.0. The molecule has 0 radical (unpaired) electrons. The molecule has 108 valence electrons. The average molecular weight is 293 g/mol. The van der Waals surface area contributed by atoms with E-state index in [4.69, 9.17) is 21.3 Å². The molecule has 0 bridgehead atoms. The zero-order valence-corrected chi connectivity index (χ0v) is 13.3. The Labute approximate surface area is 125 Å². The van der Waals surface area contributed by atoms with Crippen molar-refractivity contribution >= 4 is 22.5 Å². The van der Waals surface area contributed by atoms with E-state index in [1.165, 1.54) is 5.56 Å². The molecule has 0 aliphatic rings. The Bertz CT molecular complexity index is 626. The van der Waals surface area contributed by atoms with Crippen molar-refractivity contribution in [2.45, 2.75) is 26.7 Å². The van der Waals surface area contributed by atoms with E-state index in [1.807, 2.05) is 20.0 Å². The Morgan fingerprint density at radius 1 is 1.30 bits per heavy atom. The number of rotatable bonds is 5. The first-order chi connectivity index (χ1) is 9.58.